The van der Waals surface area contributed by atoms with Crippen molar-refractivity contribution in [2.75, 3.05) is 18.9 Å². The molecule has 0 amide bonds. The Balaban J connectivity index is 2.25. The van der Waals surface area contributed by atoms with E-state index in [1.165, 1.54) is 24.8 Å². The van der Waals surface area contributed by atoms with Crippen molar-refractivity contribution in [1.29, 1.82) is 0 Å². The topological polar surface area (TPSA) is 16.1 Å². The monoisotopic (exact) mass is 348 g/mol. The molecule has 0 atom stereocenters. The van der Waals surface area contributed by atoms with E-state index in [0.29, 0.717) is 0 Å². The van der Waals surface area contributed by atoms with Crippen LogP contribution in [-0.4, -0.2) is 28.8 Å². The normalized spacial score (nSPS) is 11.0. The van der Waals surface area contributed by atoms with Crippen LogP contribution >= 0.6 is 31.9 Å². The summed E-state index contributed by atoms with van der Waals surface area (Å²) in [6.07, 6.45) is 7.58. The third-order valence-corrected chi connectivity index (χ3v) is 3.38. The number of aromatic nitrogens is 1. The zero-order chi connectivity index (χ0) is 11.8. The molecule has 0 N–H and O–H groups in total. The molecule has 4 heteroatoms. The zero-order valence-corrected chi connectivity index (χ0v) is 12.8. The molecule has 0 radical (unpaired) electrons. The first-order valence-corrected chi connectivity index (χ1v) is 7.48. The Labute approximate surface area is 115 Å². The summed E-state index contributed by atoms with van der Waals surface area (Å²) in [5.41, 5.74) is 1.26. The predicted molar refractivity (Wildman–Crippen MR) is 75.9 cm³/mol. The zero-order valence-electron chi connectivity index (χ0n) is 9.63. The van der Waals surface area contributed by atoms with Crippen molar-refractivity contribution in [3.05, 3.63) is 28.5 Å². The average Bonchev–Trinajstić information content (AvgIpc) is 2.24. The molecule has 0 aliphatic rings. The van der Waals surface area contributed by atoms with Crippen LogP contribution in [0.2, 0.25) is 0 Å². The maximum atomic E-state index is 4.17. The number of rotatable bonds is 7. The van der Waals surface area contributed by atoms with E-state index in [4.69, 9.17) is 0 Å². The molecule has 0 spiro atoms. The number of nitrogens with zero attached hydrogens (tertiary/aromatic N) is 2. The van der Waals surface area contributed by atoms with E-state index < -0.39 is 0 Å². The quantitative estimate of drug-likeness (QED) is 0.549. The van der Waals surface area contributed by atoms with Crippen LogP contribution in [0.4, 0.5) is 0 Å². The molecule has 2 nitrogen and oxygen atoms in total. The van der Waals surface area contributed by atoms with Crippen molar-refractivity contribution in [1.82, 2.24) is 9.88 Å². The van der Waals surface area contributed by atoms with Crippen LogP contribution in [0.5, 0.6) is 0 Å². The van der Waals surface area contributed by atoms with Crippen LogP contribution in [0.1, 0.15) is 24.8 Å². The number of halogens is 2. The second-order valence-corrected chi connectivity index (χ2v) is 5.71. The van der Waals surface area contributed by atoms with Gasteiger partial charge in [-0.2, -0.15) is 0 Å². The Hall–Kier alpha value is 0.0700. The molecule has 0 aliphatic carbocycles. The smallest absolute Gasteiger partial charge is 0.0410 e. The highest BCUT2D eigenvalue weighted by molar-refractivity contribution is 9.10. The molecular formula is C12H18Br2N2. The van der Waals surface area contributed by atoms with Crippen molar-refractivity contribution in [3.63, 3.8) is 0 Å². The molecule has 0 bridgehead atoms. The summed E-state index contributed by atoms with van der Waals surface area (Å²) in [5, 5.41) is 1.12. The first-order chi connectivity index (χ1) is 7.72. The summed E-state index contributed by atoms with van der Waals surface area (Å²) < 4.78 is 1.05. The van der Waals surface area contributed by atoms with E-state index in [1.54, 1.807) is 0 Å². The van der Waals surface area contributed by atoms with Gasteiger partial charge in [0.1, 0.15) is 0 Å². The molecular weight excluding hydrogens is 332 g/mol. The number of hydrogen-bond donors (Lipinski definition) is 0. The second-order valence-electron chi connectivity index (χ2n) is 4.00. The van der Waals surface area contributed by atoms with E-state index in [0.717, 1.165) is 22.9 Å². The lowest BCUT2D eigenvalue weighted by molar-refractivity contribution is 0.318. The summed E-state index contributed by atoms with van der Waals surface area (Å²) in [4.78, 5) is 6.51. The Morgan fingerprint density at radius 1 is 1.25 bits per heavy atom. The van der Waals surface area contributed by atoms with Crippen molar-refractivity contribution >= 4 is 31.9 Å². The highest BCUT2D eigenvalue weighted by atomic mass is 79.9. The van der Waals surface area contributed by atoms with Gasteiger partial charge < -0.3 is 4.90 Å². The van der Waals surface area contributed by atoms with E-state index >= 15 is 0 Å². The molecule has 0 saturated heterocycles. The highest BCUT2D eigenvalue weighted by Crippen LogP contribution is 2.11. The summed E-state index contributed by atoms with van der Waals surface area (Å²) in [6.45, 7) is 2.13. The summed E-state index contributed by atoms with van der Waals surface area (Å²) in [6, 6.07) is 2.13. The lowest BCUT2D eigenvalue weighted by atomic mass is 10.2. The van der Waals surface area contributed by atoms with Crippen LogP contribution in [0.25, 0.3) is 0 Å². The molecule has 90 valence electrons. The molecule has 0 saturated carbocycles. The highest BCUT2D eigenvalue weighted by Gasteiger charge is 2.01. The van der Waals surface area contributed by atoms with Gasteiger partial charge in [-0.25, -0.2) is 0 Å². The molecule has 1 aromatic rings. The van der Waals surface area contributed by atoms with Gasteiger partial charge in [0.25, 0.3) is 0 Å². The van der Waals surface area contributed by atoms with Gasteiger partial charge in [0.2, 0.25) is 0 Å². The Morgan fingerprint density at radius 2 is 2.06 bits per heavy atom. The number of unbranched alkanes of at least 4 members (excludes halogenated alkanes) is 2. The molecule has 0 aliphatic heterocycles. The van der Waals surface area contributed by atoms with Crippen molar-refractivity contribution in [2.45, 2.75) is 25.8 Å². The van der Waals surface area contributed by atoms with Gasteiger partial charge in [0.15, 0.2) is 0 Å². The van der Waals surface area contributed by atoms with Gasteiger partial charge in [-0.05, 0) is 54.0 Å². The Kier molecular flexibility index (Phi) is 7.25. The second kappa shape index (κ2) is 8.20. The number of alkyl halides is 1. The SMILES string of the molecule is CN(CCCCCBr)Cc1cncc(Br)c1. The van der Waals surface area contributed by atoms with Crippen LogP contribution in [-0.2, 0) is 6.54 Å². The molecule has 1 aromatic heterocycles. The van der Waals surface area contributed by atoms with Gasteiger partial charge in [0.05, 0.1) is 0 Å². The van der Waals surface area contributed by atoms with Crippen LogP contribution in [0, 0.1) is 0 Å². The minimum Gasteiger partial charge on any atom is -0.302 e. The van der Waals surface area contributed by atoms with Gasteiger partial charge >= 0.3 is 0 Å². The van der Waals surface area contributed by atoms with Crippen molar-refractivity contribution in [2.24, 2.45) is 0 Å². The molecule has 0 aromatic carbocycles. The van der Waals surface area contributed by atoms with E-state index in [9.17, 15) is 0 Å². The fraction of sp³-hybridized carbons (Fsp3) is 0.583. The van der Waals surface area contributed by atoms with Gasteiger partial charge in [-0.15, -0.1) is 0 Å². The maximum Gasteiger partial charge on any atom is 0.0410 e. The molecule has 1 rings (SSSR count). The largest absolute Gasteiger partial charge is 0.302 e. The van der Waals surface area contributed by atoms with Crippen LogP contribution < -0.4 is 0 Å². The van der Waals surface area contributed by atoms with Gasteiger partial charge in [0, 0.05) is 28.7 Å². The molecule has 16 heavy (non-hydrogen) atoms. The summed E-state index contributed by atoms with van der Waals surface area (Å²) >= 11 is 6.89. The summed E-state index contributed by atoms with van der Waals surface area (Å²) in [7, 11) is 2.16. The average molecular weight is 350 g/mol. The molecule has 1 heterocycles. The maximum absolute atomic E-state index is 4.17. The van der Waals surface area contributed by atoms with E-state index in [-0.39, 0.29) is 0 Å². The fourth-order valence-corrected chi connectivity index (χ4v) is 2.39. The summed E-state index contributed by atoms with van der Waals surface area (Å²) in [5.74, 6) is 0. The Morgan fingerprint density at radius 3 is 2.75 bits per heavy atom. The van der Waals surface area contributed by atoms with Crippen molar-refractivity contribution < 1.29 is 0 Å². The standard InChI is InChI=1S/C12H18Br2N2/c1-16(6-4-2-3-5-13)10-11-7-12(14)9-15-8-11/h7-9H,2-6,10H2,1H3. The molecule has 0 unspecified atom stereocenters. The van der Waals surface area contributed by atoms with E-state index in [2.05, 4.69) is 54.9 Å². The predicted octanol–water partition coefficient (Wildman–Crippen LogP) is 3.84. The minimum absolute atomic E-state index is 0.973. The third kappa shape index (κ3) is 5.97. The first-order valence-electron chi connectivity index (χ1n) is 5.56. The third-order valence-electron chi connectivity index (χ3n) is 2.39. The van der Waals surface area contributed by atoms with Crippen molar-refractivity contribution in [3.8, 4) is 0 Å². The minimum atomic E-state index is 0.973. The van der Waals surface area contributed by atoms with Gasteiger partial charge in [-0.1, -0.05) is 22.4 Å². The first kappa shape index (κ1) is 14.1. The van der Waals surface area contributed by atoms with Crippen LogP contribution in [0.15, 0.2) is 22.9 Å². The fourth-order valence-electron chi connectivity index (χ4n) is 1.59. The lowest BCUT2D eigenvalue weighted by Gasteiger charge is -2.16. The van der Waals surface area contributed by atoms with Crippen LogP contribution in [0.3, 0.4) is 0 Å². The van der Waals surface area contributed by atoms with Gasteiger partial charge in [-0.3, -0.25) is 4.98 Å². The van der Waals surface area contributed by atoms with E-state index in [1.807, 2.05) is 12.4 Å². The number of pyridine rings is 1. The molecule has 0 fully saturated rings. The lowest BCUT2D eigenvalue weighted by Crippen LogP contribution is -2.19. The number of hydrogen-bond acceptors (Lipinski definition) is 2. The Bertz CT molecular complexity index is 305.